The van der Waals surface area contributed by atoms with Crippen LogP contribution in [0, 0.1) is 0 Å². The molecule has 0 atom stereocenters. The summed E-state index contributed by atoms with van der Waals surface area (Å²) in [7, 11) is 0. The van der Waals surface area contributed by atoms with E-state index in [1.165, 1.54) is 10.5 Å². The fourth-order valence-corrected chi connectivity index (χ4v) is 1.76. The first-order chi connectivity index (χ1) is 6.22. The summed E-state index contributed by atoms with van der Waals surface area (Å²) in [5, 5.41) is 8.91. The molecule has 2 heteroatoms. The van der Waals surface area contributed by atoms with Gasteiger partial charge in [-0.3, -0.25) is 0 Å². The van der Waals surface area contributed by atoms with Crippen LogP contribution in [0.15, 0.2) is 41.3 Å². The Hall–Kier alpha value is -0.730. The van der Waals surface area contributed by atoms with E-state index in [9.17, 15) is 0 Å². The molecule has 0 aliphatic carbocycles. The van der Waals surface area contributed by atoms with Crippen molar-refractivity contribution in [3.63, 3.8) is 0 Å². The molecular weight excluding hydrogens is 180 g/mol. The minimum atomic E-state index is 0.113. The first kappa shape index (κ1) is 10.4. The van der Waals surface area contributed by atoms with Gasteiger partial charge in [0.2, 0.25) is 0 Å². The highest BCUT2D eigenvalue weighted by molar-refractivity contribution is 7.99. The fourth-order valence-electron chi connectivity index (χ4n) is 0.940. The third-order valence-corrected chi connectivity index (χ3v) is 2.79. The summed E-state index contributed by atoms with van der Waals surface area (Å²) < 4.78 is 0. The highest BCUT2D eigenvalue weighted by atomic mass is 32.2. The standard InChI is InChI=1S/C11H14OS/c1-9(2)8-13-11-5-3-4-10(6-11)7-12/h3-6,12H,1,7-8H2,2H3. The molecule has 1 N–H and O–H groups in total. The van der Waals surface area contributed by atoms with Crippen LogP contribution < -0.4 is 0 Å². The van der Waals surface area contributed by atoms with Crippen molar-refractivity contribution in [2.24, 2.45) is 0 Å². The predicted molar refractivity (Wildman–Crippen MR) is 57.9 cm³/mol. The molecule has 1 aromatic carbocycles. The van der Waals surface area contributed by atoms with E-state index in [0.29, 0.717) is 0 Å². The number of rotatable bonds is 4. The van der Waals surface area contributed by atoms with E-state index in [-0.39, 0.29) is 6.61 Å². The molecule has 0 aliphatic heterocycles. The van der Waals surface area contributed by atoms with E-state index >= 15 is 0 Å². The Morgan fingerprint density at radius 2 is 2.31 bits per heavy atom. The van der Waals surface area contributed by atoms with Gasteiger partial charge in [-0.2, -0.15) is 0 Å². The maximum atomic E-state index is 8.91. The SMILES string of the molecule is C=C(C)CSc1cccc(CO)c1. The topological polar surface area (TPSA) is 20.2 Å². The molecule has 0 aliphatic rings. The van der Waals surface area contributed by atoms with Gasteiger partial charge in [0, 0.05) is 10.6 Å². The lowest BCUT2D eigenvalue weighted by Gasteiger charge is -2.02. The second kappa shape index (κ2) is 5.10. The van der Waals surface area contributed by atoms with Gasteiger partial charge in [-0.15, -0.1) is 11.8 Å². The lowest BCUT2D eigenvalue weighted by molar-refractivity contribution is 0.281. The molecular formula is C11H14OS. The summed E-state index contributed by atoms with van der Waals surface area (Å²) in [6.45, 7) is 5.97. The van der Waals surface area contributed by atoms with Crippen LogP contribution in [0.4, 0.5) is 0 Å². The van der Waals surface area contributed by atoms with Gasteiger partial charge in [0.15, 0.2) is 0 Å². The third kappa shape index (κ3) is 3.66. The summed E-state index contributed by atoms with van der Waals surface area (Å²) >= 11 is 1.75. The minimum absolute atomic E-state index is 0.113. The van der Waals surface area contributed by atoms with E-state index in [1.807, 2.05) is 31.2 Å². The number of hydrogen-bond acceptors (Lipinski definition) is 2. The number of benzene rings is 1. The van der Waals surface area contributed by atoms with E-state index in [0.717, 1.165) is 11.3 Å². The van der Waals surface area contributed by atoms with Crippen LogP contribution >= 0.6 is 11.8 Å². The highest BCUT2D eigenvalue weighted by Gasteiger charge is 1.95. The molecule has 0 bridgehead atoms. The molecule has 1 aromatic rings. The van der Waals surface area contributed by atoms with Crippen LogP contribution in [0.5, 0.6) is 0 Å². The monoisotopic (exact) mass is 194 g/mol. The van der Waals surface area contributed by atoms with Crippen molar-refractivity contribution in [1.82, 2.24) is 0 Å². The van der Waals surface area contributed by atoms with E-state index in [4.69, 9.17) is 5.11 Å². The third-order valence-electron chi connectivity index (χ3n) is 1.57. The van der Waals surface area contributed by atoms with Crippen molar-refractivity contribution in [2.75, 3.05) is 5.75 Å². The zero-order valence-corrected chi connectivity index (χ0v) is 8.60. The minimum Gasteiger partial charge on any atom is -0.392 e. The highest BCUT2D eigenvalue weighted by Crippen LogP contribution is 2.20. The summed E-state index contributed by atoms with van der Waals surface area (Å²) in [5.74, 6) is 0.939. The van der Waals surface area contributed by atoms with Crippen LogP contribution in [-0.4, -0.2) is 10.9 Å². The largest absolute Gasteiger partial charge is 0.392 e. The molecule has 0 saturated heterocycles. The molecule has 0 fully saturated rings. The van der Waals surface area contributed by atoms with E-state index in [2.05, 4.69) is 6.58 Å². The Balaban J connectivity index is 2.61. The van der Waals surface area contributed by atoms with Gasteiger partial charge in [-0.05, 0) is 24.6 Å². The van der Waals surface area contributed by atoms with Crippen molar-refractivity contribution in [1.29, 1.82) is 0 Å². The van der Waals surface area contributed by atoms with Crippen molar-refractivity contribution in [2.45, 2.75) is 18.4 Å². The molecule has 0 aromatic heterocycles. The van der Waals surface area contributed by atoms with Crippen molar-refractivity contribution in [3.8, 4) is 0 Å². The molecule has 0 saturated carbocycles. The zero-order chi connectivity index (χ0) is 9.68. The Kier molecular flexibility index (Phi) is 4.06. The van der Waals surface area contributed by atoms with Gasteiger partial charge in [0.1, 0.15) is 0 Å². The van der Waals surface area contributed by atoms with Crippen molar-refractivity contribution in [3.05, 3.63) is 42.0 Å². The molecule has 0 unspecified atom stereocenters. The summed E-state index contributed by atoms with van der Waals surface area (Å²) in [4.78, 5) is 1.19. The fraction of sp³-hybridized carbons (Fsp3) is 0.273. The Morgan fingerprint density at radius 3 is 2.92 bits per heavy atom. The summed E-state index contributed by atoms with van der Waals surface area (Å²) in [5.41, 5.74) is 2.13. The molecule has 1 rings (SSSR count). The van der Waals surface area contributed by atoms with Crippen molar-refractivity contribution < 1.29 is 5.11 Å². The predicted octanol–water partition coefficient (Wildman–Crippen LogP) is 2.85. The van der Waals surface area contributed by atoms with Gasteiger partial charge in [0.05, 0.1) is 6.61 Å². The smallest absolute Gasteiger partial charge is 0.0682 e. The average molecular weight is 194 g/mol. The van der Waals surface area contributed by atoms with Crippen LogP contribution in [0.1, 0.15) is 12.5 Å². The van der Waals surface area contributed by atoms with Crippen LogP contribution in [0.25, 0.3) is 0 Å². The number of hydrogen-bond donors (Lipinski definition) is 1. The Morgan fingerprint density at radius 1 is 1.54 bits per heavy atom. The maximum Gasteiger partial charge on any atom is 0.0682 e. The molecule has 70 valence electrons. The van der Waals surface area contributed by atoms with Gasteiger partial charge >= 0.3 is 0 Å². The Bertz CT molecular complexity index is 294. The molecule has 13 heavy (non-hydrogen) atoms. The summed E-state index contributed by atoms with van der Waals surface area (Å²) in [6.07, 6.45) is 0. The second-order valence-electron chi connectivity index (χ2n) is 3.05. The first-order valence-corrected chi connectivity index (χ1v) is 5.18. The molecule has 0 spiro atoms. The molecule has 0 heterocycles. The van der Waals surface area contributed by atoms with Gasteiger partial charge < -0.3 is 5.11 Å². The normalized spacial score (nSPS) is 10.0. The molecule has 0 radical (unpaired) electrons. The van der Waals surface area contributed by atoms with Gasteiger partial charge in [-0.25, -0.2) is 0 Å². The van der Waals surface area contributed by atoms with Gasteiger partial charge in [-0.1, -0.05) is 24.3 Å². The second-order valence-corrected chi connectivity index (χ2v) is 4.10. The van der Waals surface area contributed by atoms with Crippen molar-refractivity contribution >= 4 is 11.8 Å². The lowest BCUT2D eigenvalue weighted by atomic mass is 10.2. The first-order valence-electron chi connectivity index (χ1n) is 4.19. The van der Waals surface area contributed by atoms with Crippen LogP contribution in [0.2, 0.25) is 0 Å². The number of aliphatic hydroxyl groups is 1. The zero-order valence-electron chi connectivity index (χ0n) is 7.79. The van der Waals surface area contributed by atoms with Gasteiger partial charge in [0.25, 0.3) is 0 Å². The van der Waals surface area contributed by atoms with Crippen LogP contribution in [0.3, 0.4) is 0 Å². The van der Waals surface area contributed by atoms with E-state index < -0.39 is 0 Å². The molecule has 1 nitrogen and oxygen atoms in total. The number of aliphatic hydroxyl groups excluding tert-OH is 1. The number of thioether (sulfide) groups is 1. The quantitative estimate of drug-likeness (QED) is 0.587. The average Bonchev–Trinajstić information content (AvgIpc) is 2.15. The van der Waals surface area contributed by atoms with Crippen LogP contribution in [-0.2, 0) is 6.61 Å². The Labute approximate surface area is 83.5 Å². The molecule has 0 amide bonds. The maximum absolute atomic E-state index is 8.91. The van der Waals surface area contributed by atoms with E-state index in [1.54, 1.807) is 11.8 Å². The summed E-state index contributed by atoms with van der Waals surface area (Å²) in [6, 6.07) is 7.94. The lowest BCUT2D eigenvalue weighted by Crippen LogP contribution is -1.84.